The molecule has 3 aliphatic heterocycles. The second-order valence-corrected chi connectivity index (χ2v) is 11.8. The molecular formula is C30H32ClF4N9O. The highest BCUT2D eigenvalue weighted by molar-refractivity contribution is 6.34. The number of alkyl halides is 3. The number of rotatable bonds is 5. The van der Waals surface area contributed by atoms with Gasteiger partial charge in [0.1, 0.15) is 23.8 Å². The second kappa shape index (κ2) is 12.7. The first-order valence-corrected chi connectivity index (χ1v) is 14.9. The third-order valence-electron chi connectivity index (χ3n) is 8.60. The zero-order valence-corrected chi connectivity index (χ0v) is 25.6. The molecule has 0 aliphatic carbocycles. The largest absolute Gasteiger partial charge is 0.461 e. The number of nitrogens with two attached hydrogens (primary N) is 1. The Labute approximate surface area is 263 Å². The van der Waals surface area contributed by atoms with E-state index >= 15 is 4.39 Å². The van der Waals surface area contributed by atoms with Gasteiger partial charge in [-0.3, -0.25) is 4.90 Å². The van der Waals surface area contributed by atoms with Gasteiger partial charge in [-0.1, -0.05) is 11.6 Å². The maximum absolute atomic E-state index is 16.5. The van der Waals surface area contributed by atoms with Crippen molar-refractivity contribution in [3.8, 4) is 29.5 Å². The Bertz CT molecular complexity index is 1670. The molecule has 6 rings (SSSR count). The molecule has 3 aromatic rings. The summed E-state index contributed by atoms with van der Waals surface area (Å²) in [5, 5.41) is 16.5. The molecule has 238 valence electrons. The summed E-state index contributed by atoms with van der Waals surface area (Å²) in [6.45, 7) is 6.62. The number of fused-ring (bicyclic) bond motifs is 2. The van der Waals surface area contributed by atoms with Crippen LogP contribution in [-0.4, -0.2) is 76.2 Å². The summed E-state index contributed by atoms with van der Waals surface area (Å²) in [7, 11) is 0. The summed E-state index contributed by atoms with van der Waals surface area (Å²) in [6.07, 6.45) is 1.33. The molecule has 0 atom stereocenters. The van der Waals surface area contributed by atoms with E-state index in [-0.39, 0.29) is 38.9 Å². The van der Waals surface area contributed by atoms with Crippen LogP contribution in [-0.2, 0) is 6.18 Å². The van der Waals surface area contributed by atoms with Gasteiger partial charge in [-0.25, -0.2) is 9.37 Å². The third-order valence-corrected chi connectivity index (χ3v) is 8.90. The number of anilines is 2. The van der Waals surface area contributed by atoms with Gasteiger partial charge in [0.25, 0.3) is 0 Å². The van der Waals surface area contributed by atoms with E-state index in [9.17, 15) is 18.4 Å². The number of nitrogens with zero attached hydrogens (tertiary/aromatic N) is 8. The van der Waals surface area contributed by atoms with E-state index in [4.69, 9.17) is 27.3 Å². The summed E-state index contributed by atoms with van der Waals surface area (Å²) in [6, 6.07) is 4.12. The van der Waals surface area contributed by atoms with E-state index in [2.05, 4.69) is 26.0 Å². The van der Waals surface area contributed by atoms with E-state index in [1.54, 1.807) is 11.0 Å². The molecule has 0 radical (unpaired) electrons. The lowest BCUT2D eigenvalue weighted by Gasteiger charge is -2.33. The zero-order valence-electron chi connectivity index (χ0n) is 24.9. The Morgan fingerprint density at radius 1 is 1.04 bits per heavy atom. The number of nitrogen functional groups attached to an aromatic ring is 1. The van der Waals surface area contributed by atoms with Gasteiger partial charge in [0, 0.05) is 38.5 Å². The topological polar surface area (TPSA) is 131 Å². The number of ether oxygens (including phenoxy) is 1. The highest BCUT2D eigenvalue weighted by Crippen LogP contribution is 2.45. The van der Waals surface area contributed by atoms with Crippen LogP contribution in [0.4, 0.5) is 29.2 Å². The van der Waals surface area contributed by atoms with Crippen LogP contribution in [0.15, 0.2) is 12.1 Å². The summed E-state index contributed by atoms with van der Waals surface area (Å²) in [5.41, 5.74) is 2.84. The molecule has 0 bridgehead atoms. The fraction of sp³-hybridized carbons (Fsp3) is 0.500. The lowest BCUT2D eigenvalue weighted by atomic mass is 9.95. The minimum atomic E-state index is -4.84. The number of pyridine rings is 1. The van der Waals surface area contributed by atoms with Gasteiger partial charge in [-0.2, -0.15) is 33.7 Å². The molecule has 15 heteroatoms. The lowest BCUT2D eigenvalue weighted by Crippen LogP contribution is -2.45. The molecule has 45 heavy (non-hydrogen) atoms. The molecule has 2 N–H and O–H groups in total. The van der Waals surface area contributed by atoms with Crippen LogP contribution >= 0.6 is 11.6 Å². The van der Waals surface area contributed by atoms with Crippen LogP contribution < -0.4 is 15.4 Å². The fourth-order valence-corrected chi connectivity index (χ4v) is 6.88. The van der Waals surface area contributed by atoms with E-state index in [1.165, 1.54) is 19.9 Å². The Balaban J connectivity index is 0.00000128. The summed E-state index contributed by atoms with van der Waals surface area (Å²) in [5.74, 6) is -0.947. The lowest BCUT2D eigenvalue weighted by molar-refractivity contribution is -0.137. The molecule has 0 saturated carbocycles. The highest BCUT2D eigenvalue weighted by atomic mass is 35.5. The minimum absolute atomic E-state index is 0.0757. The molecular weight excluding hydrogens is 614 g/mol. The van der Waals surface area contributed by atoms with Crippen molar-refractivity contribution in [2.75, 3.05) is 56.5 Å². The number of hydrogen-bond acceptors (Lipinski definition) is 10. The maximum atomic E-state index is 16.5. The van der Waals surface area contributed by atoms with Crippen molar-refractivity contribution < 1.29 is 22.3 Å². The molecule has 0 unspecified atom stereocenters. The Kier molecular flexibility index (Phi) is 9.10. The summed E-state index contributed by atoms with van der Waals surface area (Å²) < 4.78 is 65.1. The first-order chi connectivity index (χ1) is 21.4. The van der Waals surface area contributed by atoms with Crippen molar-refractivity contribution in [2.24, 2.45) is 0 Å². The molecule has 0 spiro atoms. The van der Waals surface area contributed by atoms with Gasteiger partial charge >= 0.3 is 12.2 Å². The van der Waals surface area contributed by atoms with E-state index < -0.39 is 28.8 Å². The number of halogens is 5. The SMILES string of the molecule is CC#N.Cc1cc(N)nc(-c2c(Cl)cc3c(N4CCN(C#N)CC4)nc(OCC45CCCN4CCC5)nc3c2F)c1C(F)(F)F. The number of hydrogen-bond donors (Lipinski definition) is 1. The fourth-order valence-electron chi connectivity index (χ4n) is 6.60. The van der Waals surface area contributed by atoms with Gasteiger partial charge in [-0.15, -0.1) is 0 Å². The quantitative estimate of drug-likeness (QED) is 0.279. The number of aromatic nitrogens is 3. The average molecular weight is 646 g/mol. The maximum Gasteiger partial charge on any atom is 0.418 e. The van der Waals surface area contributed by atoms with Gasteiger partial charge in [0.05, 0.1) is 33.5 Å². The smallest absolute Gasteiger partial charge is 0.418 e. The molecule has 3 fully saturated rings. The second-order valence-electron chi connectivity index (χ2n) is 11.4. The molecule has 1 aromatic carbocycles. The average Bonchev–Trinajstić information content (AvgIpc) is 3.56. The first-order valence-electron chi connectivity index (χ1n) is 14.5. The van der Waals surface area contributed by atoms with Gasteiger partial charge in [0.2, 0.25) is 0 Å². The normalized spacial score (nSPS) is 17.8. The van der Waals surface area contributed by atoms with Crippen LogP contribution in [0.1, 0.15) is 43.7 Å². The summed E-state index contributed by atoms with van der Waals surface area (Å²) >= 11 is 6.52. The monoisotopic (exact) mass is 645 g/mol. The molecule has 3 saturated heterocycles. The Hall–Kier alpha value is -4.14. The Morgan fingerprint density at radius 3 is 2.29 bits per heavy atom. The first kappa shape index (κ1) is 32.3. The van der Waals surface area contributed by atoms with Crippen LogP contribution in [0.5, 0.6) is 6.01 Å². The highest BCUT2D eigenvalue weighted by Gasteiger charge is 2.45. The predicted molar refractivity (Wildman–Crippen MR) is 161 cm³/mol. The van der Waals surface area contributed by atoms with Crippen LogP contribution in [0.3, 0.4) is 0 Å². The number of piperazine rings is 1. The molecule has 0 amide bonds. The van der Waals surface area contributed by atoms with E-state index in [0.29, 0.717) is 38.6 Å². The van der Waals surface area contributed by atoms with Gasteiger partial charge in [0.15, 0.2) is 12.0 Å². The van der Waals surface area contributed by atoms with Crippen LogP contribution in [0.2, 0.25) is 5.02 Å². The molecule has 2 aromatic heterocycles. The Morgan fingerprint density at radius 2 is 1.69 bits per heavy atom. The third kappa shape index (κ3) is 6.22. The number of aryl methyl sites for hydroxylation is 1. The van der Waals surface area contributed by atoms with Gasteiger partial charge in [-0.05, 0) is 63.4 Å². The van der Waals surface area contributed by atoms with Crippen molar-refractivity contribution in [3.63, 3.8) is 0 Å². The summed E-state index contributed by atoms with van der Waals surface area (Å²) in [4.78, 5) is 18.8. The van der Waals surface area contributed by atoms with Crippen molar-refractivity contribution in [1.29, 1.82) is 10.5 Å². The van der Waals surface area contributed by atoms with Crippen LogP contribution in [0.25, 0.3) is 22.2 Å². The van der Waals surface area contributed by atoms with Crippen molar-refractivity contribution in [2.45, 2.75) is 51.2 Å². The van der Waals surface area contributed by atoms with Crippen LogP contribution in [0, 0.1) is 35.5 Å². The van der Waals surface area contributed by atoms with E-state index in [0.717, 1.165) is 44.8 Å². The van der Waals surface area contributed by atoms with Gasteiger partial charge < -0.3 is 20.3 Å². The minimum Gasteiger partial charge on any atom is -0.461 e. The molecule has 5 heterocycles. The van der Waals surface area contributed by atoms with Crippen molar-refractivity contribution >= 4 is 34.1 Å². The standard InChI is InChI=1S/C28H29ClF4N8O.C2H3N/c1-16-12-19(35)36-24(21(16)28(31,32)33)20-18(29)13-17-23(22(20)30)37-26(38-25(17)40-10-8-39(15-34)9-11-40)42-14-27-4-2-6-41(27)7-3-5-27;1-2-3/h12-13H,2-11,14H2,1H3,(H2,35,36);1H3. The predicted octanol–water partition coefficient (Wildman–Crippen LogP) is 5.53. The van der Waals surface area contributed by atoms with Crippen molar-refractivity contribution in [1.82, 2.24) is 24.8 Å². The van der Waals surface area contributed by atoms with E-state index in [1.807, 2.05) is 4.90 Å². The van der Waals surface area contributed by atoms with Crippen molar-refractivity contribution in [3.05, 3.63) is 34.1 Å². The molecule has 3 aliphatic rings. The number of nitriles is 2. The molecule has 10 nitrogen and oxygen atoms in total. The number of benzene rings is 1. The zero-order chi connectivity index (χ0) is 32.5.